The SMILES string of the molecule is C=C1C(=NC=CC)C=C(C=O)N1C. The zero-order valence-electron chi connectivity index (χ0n) is 7.82. The monoisotopic (exact) mass is 176 g/mol. The first-order valence-corrected chi connectivity index (χ1v) is 3.99. The molecule has 1 aliphatic heterocycles. The Bertz CT molecular complexity index is 324. The lowest BCUT2D eigenvalue weighted by Gasteiger charge is -2.12. The predicted molar refractivity (Wildman–Crippen MR) is 53.3 cm³/mol. The second-order valence-corrected chi connectivity index (χ2v) is 2.69. The van der Waals surface area contributed by atoms with Crippen LogP contribution in [0, 0.1) is 0 Å². The third-order valence-electron chi connectivity index (χ3n) is 1.86. The van der Waals surface area contributed by atoms with Crippen LogP contribution in [0.25, 0.3) is 0 Å². The molecule has 0 amide bonds. The lowest BCUT2D eigenvalue weighted by atomic mass is 10.3. The van der Waals surface area contributed by atoms with Gasteiger partial charge >= 0.3 is 0 Å². The van der Waals surface area contributed by atoms with Gasteiger partial charge in [-0.2, -0.15) is 0 Å². The number of aldehydes is 1. The first-order valence-electron chi connectivity index (χ1n) is 3.99. The van der Waals surface area contributed by atoms with Crippen LogP contribution in [-0.2, 0) is 4.79 Å². The van der Waals surface area contributed by atoms with Crippen LogP contribution in [0.15, 0.2) is 41.3 Å². The molecule has 0 saturated carbocycles. The highest BCUT2D eigenvalue weighted by molar-refractivity contribution is 6.13. The molecule has 0 bridgehead atoms. The minimum absolute atomic E-state index is 0.591. The normalized spacial score (nSPS) is 20.2. The van der Waals surface area contributed by atoms with Crippen molar-refractivity contribution in [3.05, 3.63) is 36.3 Å². The van der Waals surface area contributed by atoms with Gasteiger partial charge in [-0.15, -0.1) is 0 Å². The van der Waals surface area contributed by atoms with Crippen LogP contribution < -0.4 is 0 Å². The van der Waals surface area contributed by atoms with Gasteiger partial charge in [0.25, 0.3) is 0 Å². The summed E-state index contributed by atoms with van der Waals surface area (Å²) in [4.78, 5) is 16.4. The molecule has 0 unspecified atom stereocenters. The summed E-state index contributed by atoms with van der Waals surface area (Å²) in [5.41, 5.74) is 2.08. The number of hydrogen-bond donors (Lipinski definition) is 0. The van der Waals surface area contributed by atoms with Crippen molar-refractivity contribution in [3.63, 3.8) is 0 Å². The Hall–Kier alpha value is -1.64. The zero-order chi connectivity index (χ0) is 9.84. The Morgan fingerprint density at radius 2 is 2.31 bits per heavy atom. The Balaban J connectivity index is 2.98. The second kappa shape index (κ2) is 3.85. The Kier molecular flexibility index (Phi) is 2.80. The molecule has 0 aromatic rings. The summed E-state index contributed by atoms with van der Waals surface area (Å²) in [6.45, 7) is 5.70. The van der Waals surface area contributed by atoms with Gasteiger partial charge in [0.05, 0.1) is 17.1 Å². The average Bonchev–Trinajstić information content (AvgIpc) is 2.41. The van der Waals surface area contributed by atoms with E-state index in [9.17, 15) is 4.79 Å². The van der Waals surface area contributed by atoms with E-state index in [1.54, 1.807) is 24.2 Å². The highest BCUT2D eigenvalue weighted by Gasteiger charge is 2.19. The van der Waals surface area contributed by atoms with Crippen molar-refractivity contribution < 1.29 is 4.79 Å². The van der Waals surface area contributed by atoms with Crippen molar-refractivity contribution in [2.75, 3.05) is 7.05 Å². The quantitative estimate of drug-likeness (QED) is 0.597. The predicted octanol–water partition coefficient (Wildman–Crippen LogP) is 1.50. The van der Waals surface area contributed by atoms with Crippen LogP contribution in [0.2, 0.25) is 0 Å². The van der Waals surface area contributed by atoms with Crippen LogP contribution in [0.1, 0.15) is 6.92 Å². The molecule has 1 rings (SSSR count). The minimum atomic E-state index is 0.591. The van der Waals surface area contributed by atoms with Crippen molar-refractivity contribution in [2.45, 2.75) is 6.92 Å². The number of nitrogens with zero attached hydrogens (tertiary/aromatic N) is 2. The van der Waals surface area contributed by atoms with Crippen molar-refractivity contribution in [3.8, 4) is 0 Å². The van der Waals surface area contributed by atoms with E-state index in [-0.39, 0.29) is 0 Å². The van der Waals surface area contributed by atoms with Crippen LogP contribution in [0.3, 0.4) is 0 Å². The summed E-state index contributed by atoms with van der Waals surface area (Å²) in [5.74, 6) is 0. The molecular weight excluding hydrogens is 164 g/mol. The van der Waals surface area contributed by atoms with Gasteiger partial charge in [-0.25, -0.2) is 0 Å². The first-order chi connectivity index (χ1) is 6.20. The summed E-state index contributed by atoms with van der Waals surface area (Å²) in [6.07, 6.45) is 6.02. The van der Waals surface area contributed by atoms with Gasteiger partial charge in [-0.1, -0.05) is 12.7 Å². The molecule has 0 aliphatic carbocycles. The van der Waals surface area contributed by atoms with Crippen LogP contribution in [0.4, 0.5) is 0 Å². The fourth-order valence-corrected chi connectivity index (χ4v) is 1.03. The molecule has 0 aromatic heterocycles. The molecule has 0 saturated heterocycles. The number of hydrogen-bond acceptors (Lipinski definition) is 3. The second-order valence-electron chi connectivity index (χ2n) is 2.69. The van der Waals surface area contributed by atoms with Crippen LogP contribution >= 0.6 is 0 Å². The molecule has 13 heavy (non-hydrogen) atoms. The van der Waals surface area contributed by atoms with Crippen molar-refractivity contribution in [1.82, 2.24) is 4.90 Å². The maximum Gasteiger partial charge on any atom is 0.166 e. The van der Waals surface area contributed by atoms with E-state index in [1.807, 2.05) is 13.0 Å². The fourth-order valence-electron chi connectivity index (χ4n) is 1.03. The molecule has 3 nitrogen and oxygen atoms in total. The minimum Gasteiger partial charge on any atom is -0.341 e. The van der Waals surface area contributed by atoms with Crippen LogP contribution in [0.5, 0.6) is 0 Å². The Morgan fingerprint density at radius 1 is 1.62 bits per heavy atom. The van der Waals surface area contributed by atoms with Gasteiger partial charge in [-0.3, -0.25) is 9.79 Å². The van der Waals surface area contributed by atoms with E-state index in [4.69, 9.17) is 0 Å². The first kappa shape index (κ1) is 9.45. The van der Waals surface area contributed by atoms with Gasteiger partial charge in [0, 0.05) is 13.2 Å². The van der Waals surface area contributed by atoms with Crippen molar-refractivity contribution in [2.24, 2.45) is 4.99 Å². The summed E-state index contributed by atoms with van der Waals surface area (Å²) in [5, 5.41) is 0. The third-order valence-corrected chi connectivity index (χ3v) is 1.86. The number of likely N-dealkylation sites (N-methyl/N-ethyl adjacent to an activating group) is 1. The maximum absolute atomic E-state index is 10.6. The lowest BCUT2D eigenvalue weighted by molar-refractivity contribution is -0.105. The van der Waals surface area contributed by atoms with Gasteiger partial charge < -0.3 is 4.90 Å². The third kappa shape index (κ3) is 1.75. The van der Waals surface area contributed by atoms with E-state index in [0.717, 1.165) is 17.7 Å². The number of carbonyl (C=O) groups is 1. The fraction of sp³-hybridized carbons (Fsp3) is 0.200. The summed E-state index contributed by atoms with van der Waals surface area (Å²) >= 11 is 0. The summed E-state index contributed by atoms with van der Waals surface area (Å²) in [7, 11) is 1.79. The van der Waals surface area contributed by atoms with E-state index < -0.39 is 0 Å². The van der Waals surface area contributed by atoms with Gasteiger partial charge in [-0.05, 0) is 13.0 Å². The smallest absolute Gasteiger partial charge is 0.166 e. The van der Waals surface area contributed by atoms with E-state index in [0.29, 0.717) is 5.70 Å². The van der Waals surface area contributed by atoms with E-state index in [2.05, 4.69) is 11.6 Å². The molecule has 0 fully saturated rings. The van der Waals surface area contributed by atoms with Crippen molar-refractivity contribution in [1.29, 1.82) is 0 Å². The number of allylic oxidation sites excluding steroid dienone is 3. The molecule has 1 aliphatic rings. The summed E-state index contributed by atoms with van der Waals surface area (Å²) in [6, 6.07) is 0. The highest BCUT2D eigenvalue weighted by atomic mass is 16.1. The zero-order valence-corrected chi connectivity index (χ0v) is 7.82. The highest BCUT2D eigenvalue weighted by Crippen LogP contribution is 2.18. The molecule has 0 atom stereocenters. The Morgan fingerprint density at radius 3 is 2.77 bits per heavy atom. The molecule has 68 valence electrons. The Labute approximate surface area is 77.8 Å². The van der Waals surface area contributed by atoms with Crippen LogP contribution in [-0.4, -0.2) is 23.9 Å². The number of aliphatic imine (C=N–C) groups is 1. The molecule has 1 heterocycles. The molecule has 0 radical (unpaired) electrons. The summed E-state index contributed by atoms with van der Waals surface area (Å²) < 4.78 is 0. The molecular formula is C10H12N2O. The largest absolute Gasteiger partial charge is 0.341 e. The molecule has 0 spiro atoms. The lowest BCUT2D eigenvalue weighted by Crippen LogP contribution is -2.13. The number of rotatable bonds is 2. The average molecular weight is 176 g/mol. The van der Waals surface area contributed by atoms with Crippen molar-refractivity contribution >= 4 is 12.0 Å². The van der Waals surface area contributed by atoms with Gasteiger partial charge in [0.1, 0.15) is 0 Å². The molecule has 0 aromatic carbocycles. The van der Waals surface area contributed by atoms with Gasteiger partial charge in [0.2, 0.25) is 0 Å². The topological polar surface area (TPSA) is 32.7 Å². The maximum atomic E-state index is 10.6. The van der Waals surface area contributed by atoms with E-state index in [1.165, 1.54) is 0 Å². The standard InChI is InChI=1S/C10H12N2O/c1-4-5-11-10-6-9(7-13)12(3)8(10)2/h4-7H,2H2,1,3H3. The molecule has 3 heteroatoms. The van der Waals surface area contributed by atoms with E-state index >= 15 is 0 Å². The molecule has 0 N–H and O–H groups in total. The number of carbonyl (C=O) groups excluding carboxylic acids is 1. The van der Waals surface area contributed by atoms with Gasteiger partial charge in [0.15, 0.2) is 6.29 Å².